The van der Waals surface area contributed by atoms with Gasteiger partial charge in [0.15, 0.2) is 0 Å². The normalized spacial score (nSPS) is 13.8. The predicted octanol–water partition coefficient (Wildman–Crippen LogP) is 2.58. The van der Waals surface area contributed by atoms with E-state index in [2.05, 4.69) is 9.40 Å². The van der Waals surface area contributed by atoms with E-state index in [4.69, 9.17) is 5.11 Å². The molecule has 0 aromatic carbocycles. The van der Waals surface area contributed by atoms with Gasteiger partial charge < -0.3 is 9.52 Å². The smallest absolute Gasteiger partial charge is 0.468 e. The predicted molar refractivity (Wildman–Crippen MR) is 46.9 cm³/mol. The topological polar surface area (TPSA) is 63.3 Å². The van der Waals surface area contributed by atoms with Crippen LogP contribution in [0.3, 0.4) is 0 Å². The van der Waals surface area contributed by atoms with Crippen molar-refractivity contribution in [3.05, 3.63) is 17.3 Å². The van der Waals surface area contributed by atoms with Gasteiger partial charge in [0, 0.05) is 5.92 Å². The van der Waals surface area contributed by atoms with Crippen molar-refractivity contribution in [3.8, 4) is 0 Å². The van der Waals surface area contributed by atoms with E-state index in [0.29, 0.717) is 0 Å². The zero-order chi connectivity index (χ0) is 12.5. The average molecular weight is 237 g/mol. The van der Waals surface area contributed by atoms with Crippen molar-refractivity contribution in [1.82, 2.24) is 4.98 Å². The molecule has 0 saturated heterocycles. The number of nitrogens with zero attached hydrogens (tertiary/aromatic N) is 1. The highest BCUT2D eigenvalue weighted by atomic mass is 19.4. The molecule has 0 aliphatic carbocycles. The van der Waals surface area contributed by atoms with Crippen LogP contribution in [0.15, 0.2) is 4.42 Å². The summed E-state index contributed by atoms with van der Waals surface area (Å²) in [5.41, 5.74) is 0.0704. The lowest BCUT2D eigenvalue weighted by Gasteiger charge is -2.05. The molecule has 4 nitrogen and oxygen atoms in total. The molecule has 1 rings (SSSR count). The molecule has 0 aliphatic heterocycles. The second-order valence-corrected chi connectivity index (χ2v) is 3.47. The highest BCUT2D eigenvalue weighted by Gasteiger charge is 2.38. The molecule has 0 saturated carbocycles. The Morgan fingerprint density at radius 3 is 2.50 bits per heavy atom. The molecule has 0 bridgehead atoms. The fraction of sp³-hybridized carbons (Fsp3) is 0.556. The number of carbonyl (C=O) groups is 1. The molecule has 1 aromatic heterocycles. The molecule has 0 fully saturated rings. The van der Waals surface area contributed by atoms with Crippen LogP contribution in [0.5, 0.6) is 0 Å². The molecule has 16 heavy (non-hydrogen) atoms. The Morgan fingerprint density at radius 2 is 2.12 bits per heavy atom. The van der Waals surface area contributed by atoms with Gasteiger partial charge in [-0.1, -0.05) is 6.92 Å². The Hall–Kier alpha value is -1.53. The average Bonchev–Trinajstić information content (AvgIpc) is 2.44. The number of hydrogen-bond donors (Lipinski definition) is 1. The number of rotatable bonds is 3. The summed E-state index contributed by atoms with van der Waals surface area (Å²) in [6.45, 7) is 2.83. The lowest BCUT2D eigenvalue weighted by atomic mass is 10.0. The molecule has 1 atom stereocenters. The number of aliphatic carboxylic acids is 1. The number of carboxylic acid groups (broad SMARTS) is 1. The van der Waals surface area contributed by atoms with E-state index in [-0.39, 0.29) is 17.9 Å². The quantitative estimate of drug-likeness (QED) is 0.877. The third-order valence-electron chi connectivity index (χ3n) is 2.00. The fourth-order valence-electron chi connectivity index (χ4n) is 1.34. The van der Waals surface area contributed by atoms with Crippen LogP contribution in [0.4, 0.5) is 13.2 Å². The van der Waals surface area contributed by atoms with E-state index in [1.807, 2.05) is 0 Å². The Labute approximate surface area is 89.1 Å². The number of alkyl halides is 3. The summed E-state index contributed by atoms with van der Waals surface area (Å²) in [5.74, 6) is -3.11. The molecule has 0 radical (unpaired) electrons. The number of hydrogen-bond acceptors (Lipinski definition) is 3. The van der Waals surface area contributed by atoms with Crippen molar-refractivity contribution in [2.24, 2.45) is 0 Å². The molecule has 1 N–H and O–H groups in total. The highest BCUT2D eigenvalue weighted by molar-refractivity contribution is 5.67. The molecule has 7 heteroatoms. The molecule has 1 heterocycles. The Balaban J connectivity index is 2.98. The molecule has 0 spiro atoms. The van der Waals surface area contributed by atoms with Gasteiger partial charge in [-0.3, -0.25) is 4.79 Å². The van der Waals surface area contributed by atoms with Gasteiger partial charge in [0.2, 0.25) is 0 Å². The minimum Gasteiger partial charge on any atom is -0.481 e. The maximum Gasteiger partial charge on any atom is 0.468 e. The Kier molecular flexibility index (Phi) is 3.25. The first-order valence-electron chi connectivity index (χ1n) is 4.48. The van der Waals surface area contributed by atoms with Crippen LogP contribution >= 0.6 is 0 Å². The number of aryl methyl sites for hydroxylation is 1. The van der Waals surface area contributed by atoms with Crippen LogP contribution in [-0.2, 0) is 11.0 Å². The zero-order valence-electron chi connectivity index (χ0n) is 8.63. The standard InChI is InChI=1S/C9H10F3NO3/c1-4(3-6(14)15)7-5(2)13-8(16-7)9(10,11)12/h4H,3H2,1-2H3,(H,14,15). The fourth-order valence-corrected chi connectivity index (χ4v) is 1.34. The van der Waals surface area contributed by atoms with E-state index in [1.54, 1.807) is 0 Å². The summed E-state index contributed by atoms with van der Waals surface area (Å²) in [4.78, 5) is 13.6. The van der Waals surface area contributed by atoms with E-state index >= 15 is 0 Å². The lowest BCUT2D eigenvalue weighted by molar-refractivity contribution is -0.157. The van der Waals surface area contributed by atoms with Gasteiger partial charge >= 0.3 is 18.0 Å². The summed E-state index contributed by atoms with van der Waals surface area (Å²) in [6, 6.07) is 0. The van der Waals surface area contributed by atoms with Gasteiger partial charge in [0.25, 0.3) is 0 Å². The van der Waals surface area contributed by atoms with Gasteiger partial charge in [-0.25, -0.2) is 4.98 Å². The molecular weight excluding hydrogens is 227 g/mol. The minimum atomic E-state index is -4.65. The van der Waals surface area contributed by atoms with E-state index in [0.717, 1.165) is 0 Å². The summed E-state index contributed by atoms with van der Waals surface area (Å²) in [6.07, 6.45) is -4.95. The van der Waals surface area contributed by atoms with Crippen LogP contribution in [0.2, 0.25) is 0 Å². The maximum absolute atomic E-state index is 12.2. The number of oxazole rings is 1. The van der Waals surface area contributed by atoms with Gasteiger partial charge in [-0.15, -0.1) is 0 Å². The van der Waals surface area contributed by atoms with Gasteiger partial charge in [-0.05, 0) is 6.92 Å². The zero-order valence-corrected chi connectivity index (χ0v) is 8.63. The maximum atomic E-state index is 12.2. The van der Waals surface area contributed by atoms with Crippen molar-refractivity contribution in [1.29, 1.82) is 0 Å². The first-order valence-corrected chi connectivity index (χ1v) is 4.48. The first kappa shape index (κ1) is 12.5. The third kappa shape index (κ3) is 2.74. The van der Waals surface area contributed by atoms with E-state index in [9.17, 15) is 18.0 Å². The molecule has 1 aromatic rings. The minimum absolute atomic E-state index is 0.0327. The molecule has 1 unspecified atom stereocenters. The molecular formula is C9H10F3NO3. The van der Waals surface area contributed by atoms with Crippen LogP contribution in [0, 0.1) is 6.92 Å². The van der Waals surface area contributed by atoms with Crippen molar-refractivity contribution >= 4 is 5.97 Å². The summed E-state index contributed by atoms with van der Waals surface area (Å²) < 4.78 is 41.2. The first-order chi connectivity index (χ1) is 7.21. The molecule has 0 amide bonds. The van der Waals surface area contributed by atoms with Crippen LogP contribution in [0.1, 0.15) is 36.6 Å². The molecule has 90 valence electrons. The van der Waals surface area contributed by atoms with Gasteiger partial charge in [0.05, 0.1) is 12.1 Å². The largest absolute Gasteiger partial charge is 0.481 e. The van der Waals surface area contributed by atoms with Crippen LogP contribution in [-0.4, -0.2) is 16.1 Å². The van der Waals surface area contributed by atoms with Crippen molar-refractivity contribution in [2.45, 2.75) is 32.4 Å². The number of aromatic nitrogens is 1. The number of halogens is 3. The summed E-state index contributed by atoms with van der Waals surface area (Å²) in [7, 11) is 0. The lowest BCUT2D eigenvalue weighted by Crippen LogP contribution is -2.05. The molecule has 0 aliphatic rings. The second kappa shape index (κ2) is 4.15. The number of carboxylic acids is 1. The van der Waals surface area contributed by atoms with Crippen LogP contribution in [0.25, 0.3) is 0 Å². The summed E-state index contributed by atoms with van der Waals surface area (Å²) in [5, 5.41) is 8.52. The van der Waals surface area contributed by atoms with Crippen molar-refractivity contribution in [3.63, 3.8) is 0 Å². The Morgan fingerprint density at radius 1 is 1.56 bits per heavy atom. The van der Waals surface area contributed by atoms with Gasteiger partial charge in [-0.2, -0.15) is 13.2 Å². The van der Waals surface area contributed by atoms with E-state index < -0.39 is 24.0 Å². The highest BCUT2D eigenvalue weighted by Crippen LogP contribution is 2.32. The monoisotopic (exact) mass is 237 g/mol. The van der Waals surface area contributed by atoms with Gasteiger partial charge in [0.1, 0.15) is 5.76 Å². The van der Waals surface area contributed by atoms with Crippen molar-refractivity contribution < 1.29 is 27.5 Å². The van der Waals surface area contributed by atoms with Crippen LogP contribution < -0.4 is 0 Å². The third-order valence-corrected chi connectivity index (χ3v) is 2.00. The summed E-state index contributed by atoms with van der Waals surface area (Å²) >= 11 is 0. The van der Waals surface area contributed by atoms with E-state index in [1.165, 1.54) is 13.8 Å². The van der Waals surface area contributed by atoms with Crippen molar-refractivity contribution in [2.75, 3.05) is 0 Å². The Bertz CT molecular complexity index is 397. The SMILES string of the molecule is Cc1nc(C(F)(F)F)oc1C(C)CC(=O)O. The second-order valence-electron chi connectivity index (χ2n) is 3.47.